The zero-order valence-corrected chi connectivity index (χ0v) is 21.0. The van der Waals surface area contributed by atoms with Gasteiger partial charge in [-0.15, -0.1) is 0 Å². The number of Topliss-reactive ketones (excluding diaryl/α,β-unsaturated/α-hetero) is 1. The van der Waals surface area contributed by atoms with Crippen LogP contribution in [0.5, 0.6) is 0 Å². The molecule has 0 bridgehead atoms. The molecule has 4 aliphatic carbocycles. The predicted octanol–water partition coefficient (Wildman–Crippen LogP) is 4.39. The second kappa shape index (κ2) is 6.75. The van der Waals surface area contributed by atoms with E-state index in [1.54, 1.807) is 26.0 Å². The first-order chi connectivity index (χ1) is 14.7. The molecular formula is C24H29BrClFO5. The Balaban J connectivity index is 1.64. The lowest BCUT2D eigenvalue weighted by Gasteiger charge is -2.64. The maximum atomic E-state index is 14.3. The Morgan fingerprint density at radius 3 is 2.66 bits per heavy atom. The number of aliphatic hydroxyl groups excluding tert-OH is 1. The second-order valence-electron chi connectivity index (χ2n) is 11.0. The van der Waals surface area contributed by atoms with Gasteiger partial charge in [-0.25, -0.2) is 4.39 Å². The van der Waals surface area contributed by atoms with E-state index in [9.17, 15) is 19.1 Å². The van der Waals surface area contributed by atoms with Crippen LogP contribution in [-0.2, 0) is 19.1 Å². The van der Waals surface area contributed by atoms with Crippen molar-refractivity contribution >= 4 is 39.1 Å². The van der Waals surface area contributed by atoms with E-state index in [0.717, 1.165) is 12.0 Å². The molecule has 5 aliphatic rings. The Morgan fingerprint density at radius 2 is 2.00 bits per heavy atom. The van der Waals surface area contributed by atoms with Gasteiger partial charge in [0.2, 0.25) is 11.4 Å². The summed E-state index contributed by atoms with van der Waals surface area (Å²) in [5.74, 6) is -2.04. The summed E-state index contributed by atoms with van der Waals surface area (Å²) in [6.45, 7) is 7.41. The number of fused-ring (bicyclic) bond motifs is 7. The van der Waals surface area contributed by atoms with E-state index in [0.29, 0.717) is 12.8 Å². The second-order valence-corrected chi connectivity index (χ2v) is 12.7. The van der Waals surface area contributed by atoms with Gasteiger partial charge in [0.05, 0.1) is 16.5 Å². The van der Waals surface area contributed by atoms with Gasteiger partial charge in [0, 0.05) is 10.8 Å². The molecule has 1 heterocycles. The molecule has 32 heavy (non-hydrogen) atoms. The molecule has 0 aromatic rings. The lowest BCUT2D eigenvalue weighted by Crippen LogP contribution is -2.69. The van der Waals surface area contributed by atoms with E-state index in [1.807, 2.05) is 13.0 Å². The minimum Gasteiger partial charge on any atom is -0.392 e. The predicted molar refractivity (Wildman–Crippen MR) is 120 cm³/mol. The highest BCUT2D eigenvalue weighted by Gasteiger charge is 2.79. The van der Waals surface area contributed by atoms with Crippen LogP contribution < -0.4 is 0 Å². The van der Waals surface area contributed by atoms with Crippen molar-refractivity contribution in [3.05, 3.63) is 23.8 Å². The Morgan fingerprint density at radius 1 is 1.31 bits per heavy atom. The van der Waals surface area contributed by atoms with Crippen molar-refractivity contribution in [2.24, 2.45) is 22.7 Å². The molecule has 5 rings (SSSR count). The number of rotatable bonds is 2. The van der Waals surface area contributed by atoms with Crippen LogP contribution in [0.4, 0.5) is 4.39 Å². The van der Waals surface area contributed by atoms with Gasteiger partial charge in [-0.05, 0) is 63.5 Å². The minimum atomic E-state index is -2.22. The first-order valence-electron chi connectivity index (χ1n) is 11.2. The van der Waals surface area contributed by atoms with E-state index >= 15 is 0 Å². The van der Waals surface area contributed by atoms with E-state index in [4.69, 9.17) is 21.1 Å². The number of aliphatic hydroxyl groups is 1. The molecule has 0 radical (unpaired) electrons. The van der Waals surface area contributed by atoms with Gasteiger partial charge in [-0.1, -0.05) is 53.0 Å². The number of allylic oxidation sites excluding steroid dienone is 4. The number of hydrogen-bond acceptors (Lipinski definition) is 5. The molecule has 4 fully saturated rings. The van der Waals surface area contributed by atoms with Crippen LogP contribution in [0.3, 0.4) is 0 Å². The number of ketones is 2. The fourth-order valence-corrected chi connectivity index (χ4v) is 9.17. The number of carbonyl (C=O) groups excluding carboxylic acids is 2. The molecule has 1 N–H and O–H groups in total. The number of alkyl halides is 3. The highest BCUT2D eigenvalue weighted by molar-refractivity contribution is 9.10. The summed E-state index contributed by atoms with van der Waals surface area (Å²) in [7, 11) is 0. The van der Waals surface area contributed by atoms with Crippen molar-refractivity contribution in [3.63, 3.8) is 0 Å². The third-order valence-corrected chi connectivity index (χ3v) is 11.3. The molecule has 8 heteroatoms. The molecule has 9 atom stereocenters. The van der Waals surface area contributed by atoms with Crippen molar-refractivity contribution in [3.8, 4) is 0 Å². The Bertz CT molecular complexity index is 964. The monoisotopic (exact) mass is 530 g/mol. The SMILES string of the molecule is CC1(C)O[C@@H]2C[C@H]3[C@@H]4CCC5=CC(=O)C=C[C@]5(C)[C@@]4(Br)[C@@H](O)C[C@]3(C)[C@]2(C(=O)C(F)Cl)O1. The molecule has 0 spiro atoms. The average Bonchev–Trinajstić information content (AvgIpc) is 3.09. The van der Waals surface area contributed by atoms with Gasteiger partial charge in [0.25, 0.3) is 0 Å². The van der Waals surface area contributed by atoms with E-state index < -0.39 is 50.2 Å². The molecule has 1 aliphatic heterocycles. The molecule has 1 saturated heterocycles. The average molecular weight is 532 g/mol. The van der Waals surface area contributed by atoms with Crippen LogP contribution in [-0.4, -0.2) is 50.2 Å². The van der Waals surface area contributed by atoms with Gasteiger partial charge < -0.3 is 14.6 Å². The lowest BCUT2D eigenvalue weighted by molar-refractivity contribution is -0.221. The van der Waals surface area contributed by atoms with Crippen molar-refractivity contribution < 1.29 is 28.6 Å². The summed E-state index contributed by atoms with van der Waals surface area (Å²) < 4.78 is 26.0. The first-order valence-corrected chi connectivity index (χ1v) is 12.5. The van der Waals surface area contributed by atoms with E-state index in [-0.39, 0.29) is 24.0 Å². The van der Waals surface area contributed by atoms with Gasteiger partial charge >= 0.3 is 0 Å². The van der Waals surface area contributed by atoms with E-state index in [1.165, 1.54) is 0 Å². The maximum absolute atomic E-state index is 14.3. The summed E-state index contributed by atoms with van der Waals surface area (Å²) in [6.07, 6.45) is 5.81. The molecule has 5 nitrogen and oxygen atoms in total. The standard InChI is InChI=1S/C24H29BrClFO5/c1-20(2)31-17-10-15-14-6-5-12-9-13(28)7-8-21(12,3)23(14,25)16(29)11-22(15,4)24(17,32-20)18(30)19(26)27/h7-9,14-17,19,29H,5-6,10-11H2,1-4H3/t14-,15-,16-,17+,19?,21-,22-,23-,24-/m0/s1. The summed E-state index contributed by atoms with van der Waals surface area (Å²) >= 11 is 9.69. The summed E-state index contributed by atoms with van der Waals surface area (Å²) in [6, 6.07) is 0. The quantitative estimate of drug-likeness (QED) is 0.535. The Kier molecular flexibility index (Phi) is 4.88. The van der Waals surface area contributed by atoms with Crippen molar-refractivity contribution in [1.82, 2.24) is 0 Å². The maximum Gasteiger partial charge on any atom is 0.234 e. The molecule has 0 aromatic carbocycles. The number of ether oxygens (including phenoxy) is 2. The number of hydrogen-bond donors (Lipinski definition) is 1. The third-order valence-electron chi connectivity index (χ3n) is 9.20. The molecule has 3 saturated carbocycles. The van der Waals surface area contributed by atoms with Crippen LogP contribution in [0.25, 0.3) is 0 Å². The van der Waals surface area contributed by atoms with Crippen molar-refractivity contribution in [2.75, 3.05) is 0 Å². The van der Waals surface area contributed by atoms with Crippen LogP contribution in [0.15, 0.2) is 23.8 Å². The summed E-state index contributed by atoms with van der Waals surface area (Å²) in [5.41, 5.74) is -4.20. The largest absolute Gasteiger partial charge is 0.392 e. The molecule has 1 unspecified atom stereocenters. The van der Waals surface area contributed by atoms with Crippen LogP contribution in [0.2, 0.25) is 0 Å². The Labute approximate surface area is 200 Å². The lowest BCUT2D eigenvalue weighted by atomic mass is 9.46. The fraction of sp³-hybridized carbons (Fsp3) is 0.750. The third kappa shape index (κ3) is 2.55. The normalized spacial score (nSPS) is 51.9. The topological polar surface area (TPSA) is 72.8 Å². The smallest absolute Gasteiger partial charge is 0.234 e. The zero-order chi connectivity index (χ0) is 23.5. The fourth-order valence-electron chi connectivity index (χ4n) is 7.91. The highest BCUT2D eigenvalue weighted by atomic mass is 79.9. The summed E-state index contributed by atoms with van der Waals surface area (Å²) in [4.78, 5) is 25.4. The summed E-state index contributed by atoms with van der Waals surface area (Å²) in [5, 5.41) is 11.7. The number of halogens is 3. The Hall–Kier alpha value is -0.600. The molecular weight excluding hydrogens is 503 g/mol. The van der Waals surface area contributed by atoms with Gasteiger partial charge in [-0.3, -0.25) is 9.59 Å². The molecule has 0 amide bonds. The van der Waals surface area contributed by atoms with E-state index in [2.05, 4.69) is 22.9 Å². The van der Waals surface area contributed by atoms with Crippen molar-refractivity contribution in [2.45, 2.75) is 86.9 Å². The first kappa shape index (κ1) is 23.2. The number of carbonyl (C=O) groups is 2. The molecule has 0 aromatic heterocycles. The van der Waals surface area contributed by atoms with Gasteiger partial charge in [0.15, 0.2) is 17.2 Å². The van der Waals surface area contributed by atoms with Crippen LogP contribution in [0.1, 0.15) is 53.4 Å². The minimum absolute atomic E-state index is 0.0396. The van der Waals surface area contributed by atoms with Crippen molar-refractivity contribution in [1.29, 1.82) is 0 Å². The van der Waals surface area contributed by atoms with Crippen LogP contribution in [0, 0.1) is 22.7 Å². The molecule has 176 valence electrons. The van der Waals surface area contributed by atoms with Crippen LogP contribution >= 0.6 is 27.5 Å². The zero-order valence-electron chi connectivity index (χ0n) is 18.7. The highest BCUT2D eigenvalue weighted by Crippen LogP contribution is 2.73. The van der Waals surface area contributed by atoms with Gasteiger partial charge in [0.1, 0.15) is 0 Å². The van der Waals surface area contributed by atoms with Gasteiger partial charge in [-0.2, -0.15) is 0 Å².